The van der Waals surface area contributed by atoms with Gasteiger partial charge in [-0.05, 0) is 12.8 Å². The Kier molecular flexibility index (Phi) is 11.3. The molecule has 122 valence electrons. The lowest BCUT2D eigenvalue weighted by Gasteiger charge is -2.13. The smallest absolute Gasteiger partial charge is 0.356 e. The van der Waals surface area contributed by atoms with Crippen LogP contribution in [-0.4, -0.2) is 38.4 Å². The van der Waals surface area contributed by atoms with Crippen LogP contribution < -0.4 is 10.6 Å². The van der Waals surface area contributed by atoms with Gasteiger partial charge >= 0.3 is 12.4 Å². The molecular weight excluding hydrogens is 403 g/mol. The monoisotopic (exact) mass is 421 g/mol. The maximum Gasteiger partial charge on any atom is 0.390 e. The van der Waals surface area contributed by atoms with Crippen LogP contribution in [0.2, 0.25) is 0 Å². The van der Waals surface area contributed by atoms with Gasteiger partial charge in [0.2, 0.25) is 0 Å². The highest BCUT2D eigenvalue weighted by molar-refractivity contribution is 14.0. The molecule has 0 aromatic rings. The highest BCUT2D eigenvalue weighted by atomic mass is 127. The van der Waals surface area contributed by atoms with Crippen molar-refractivity contribution in [2.45, 2.75) is 38.0 Å². The molecule has 20 heavy (non-hydrogen) atoms. The lowest BCUT2D eigenvalue weighted by atomic mass is 10.2. The van der Waals surface area contributed by atoms with E-state index in [1.54, 1.807) is 0 Å². The maximum absolute atomic E-state index is 11.9. The molecule has 0 aliphatic heterocycles. The Balaban J connectivity index is 0. The van der Waals surface area contributed by atoms with Gasteiger partial charge < -0.3 is 10.6 Å². The fraction of sp³-hybridized carbons (Fsp3) is 0.900. The molecule has 0 aromatic heterocycles. The SMILES string of the molecule is CN=C(NCCCCC(F)(F)F)NCCC(F)(F)F.I. The second kappa shape index (κ2) is 10.3. The Morgan fingerprint density at radius 3 is 1.80 bits per heavy atom. The number of halogens is 7. The first-order valence-electron chi connectivity index (χ1n) is 5.72. The average molecular weight is 421 g/mol. The fourth-order valence-electron chi connectivity index (χ4n) is 1.20. The van der Waals surface area contributed by atoms with Gasteiger partial charge in [0.25, 0.3) is 0 Å². The van der Waals surface area contributed by atoms with E-state index in [0.29, 0.717) is 0 Å². The highest BCUT2D eigenvalue weighted by Crippen LogP contribution is 2.21. The molecule has 0 bridgehead atoms. The van der Waals surface area contributed by atoms with Gasteiger partial charge in [-0.25, -0.2) is 0 Å². The minimum atomic E-state index is -4.25. The molecule has 0 radical (unpaired) electrons. The summed E-state index contributed by atoms with van der Waals surface area (Å²) in [6.45, 7) is -0.104. The fourth-order valence-corrected chi connectivity index (χ4v) is 1.20. The first kappa shape index (κ1) is 21.9. The molecule has 0 spiro atoms. The maximum atomic E-state index is 11.9. The summed E-state index contributed by atoms with van der Waals surface area (Å²) in [7, 11) is 1.37. The van der Waals surface area contributed by atoms with E-state index in [9.17, 15) is 26.3 Å². The molecule has 0 unspecified atom stereocenters. The van der Waals surface area contributed by atoms with Crippen molar-refractivity contribution < 1.29 is 26.3 Å². The lowest BCUT2D eigenvalue weighted by Crippen LogP contribution is -2.39. The van der Waals surface area contributed by atoms with E-state index in [0.717, 1.165) is 0 Å². The topological polar surface area (TPSA) is 36.4 Å². The van der Waals surface area contributed by atoms with Crippen LogP contribution in [0.5, 0.6) is 0 Å². The van der Waals surface area contributed by atoms with Crippen molar-refractivity contribution in [1.82, 2.24) is 10.6 Å². The van der Waals surface area contributed by atoms with Gasteiger partial charge in [-0.1, -0.05) is 0 Å². The zero-order valence-corrected chi connectivity index (χ0v) is 13.2. The van der Waals surface area contributed by atoms with E-state index >= 15 is 0 Å². The summed E-state index contributed by atoms with van der Waals surface area (Å²) in [5.74, 6) is 0.149. The van der Waals surface area contributed by atoms with Crippen LogP contribution in [0.25, 0.3) is 0 Å². The minimum absolute atomic E-state index is 0. The Morgan fingerprint density at radius 2 is 1.35 bits per heavy atom. The van der Waals surface area contributed by atoms with E-state index in [2.05, 4.69) is 15.6 Å². The van der Waals surface area contributed by atoms with Crippen LogP contribution in [0.4, 0.5) is 26.3 Å². The van der Waals surface area contributed by atoms with Gasteiger partial charge in [0.1, 0.15) is 0 Å². The molecule has 10 heteroatoms. The number of hydrogen-bond acceptors (Lipinski definition) is 1. The molecule has 0 saturated carbocycles. The van der Waals surface area contributed by atoms with Crippen molar-refractivity contribution in [3.05, 3.63) is 0 Å². The van der Waals surface area contributed by atoms with Crippen LogP contribution in [-0.2, 0) is 0 Å². The molecule has 0 aromatic carbocycles. The third-order valence-electron chi connectivity index (χ3n) is 2.10. The largest absolute Gasteiger partial charge is 0.390 e. The Morgan fingerprint density at radius 1 is 0.850 bits per heavy atom. The second-order valence-corrected chi connectivity index (χ2v) is 3.86. The molecule has 3 nitrogen and oxygen atoms in total. The summed E-state index contributed by atoms with van der Waals surface area (Å²) in [5.41, 5.74) is 0. The minimum Gasteiger partial charge on any atom is -0.356 e. The van der Waals surface area contributed by atoms with Crippen molar-refractivity contribution >= 4 is 29.9 Å². The molecular formula is C10H18F6IN3. The molecule has 0 atom stereocenters. The van der Waals surface area contributed by atoms with Gasteiger partial charge in [0.15, 0.2) is 5.96 Å². The molecule has 0 amide bonds. The third kappa shape index (κ3) is 15.6. The predicted octanol–water partition coefficient (Wildman–Crippen LogP) is 3.45. The van der Waals surface area contributed by atoms with E-state index in [1.807, 2.05) is 0 Å². The lowest BCUT2D eigenvalue weighted by molar-refractivity contribution is -0.135. The van der Waals surface area contributed by atoms with E-state index < -0.39 is 25.2 Å². The van der Waals surface area contributed by atoms with E-state index in [-0.39, 0.29) is 55.9 Å². The summed E-state index contributed by atoms with van der Waals surface area (Å²) >= 11 is 0. The molecule has 0 heterocycles. The predicted molar refractivity (Wildman–Crippen MR) is 75.4 cm³/mol. The number of unbranched alkanes of at least 4 members (excludes halogenated alkanes) is 1. The summed E-state index contributed by atoms with van der Waals surface area (Å²) in [6, 6.07) is 0. The van der Waals surface area contributed by atoms with Crippen molar-refractivity contribution in [2.75, 3.05) is 20.1 Å². The molecule has 0 aliphatic rings. The van der Waals surface area contributed by atoms with Crippen molar-refractivity contribution in [3.8, 4) is 0 Å². The summed E-state index contributed by atoms with van der Waals surface area (Å²) in [5, 5.41) is 5.08. The van der Waals surface area contributed by atoms with Gasteiger partial charge in [-0.15, -0.1) is 24.0 Å². The number of nitrogens with zero attached hydrogens (tertiary/aromatic N) is 1. The van der Waals surface area contributed by atoms with Gasteiger partial charge in [0, 0.05) is 26.6 Å². The number of guanidine groups is 1. The number of aliphatic imine (C=N–C) groups is 1. The molecule has 0 saturated heterocycles. The van der Waals surface area contributed by atoms with Crippen molar-refractivity contribution in [2.24, 2.45) is 4.99 Å². The highest BCUT2D eigenvalue weighted by Gasteiger charge is 2.26. The molecule has 0 rings (SSSR count). The number of alkyl halides is 6. The Labute approximate surface area is 130 Å². The van der Waals surface area contributed by atoms with Crippen molar-refractivity contribution in [3.63, 3.8) is 0 Å². The van der Waals surface area contributed by atoms with Gasteiger partial charge in [-0.2, -0.15) is 26.3 Å². The molecule has 0 fully saturated rings. The van der Waals surface area contributed by atoms with Crippen LogP contribution in [0.1, 0.15) is 25.7 Å². The Hall–Kier alpha value is -0.420. The third-order valence-corrected chi connectivity index (χ3v) is 2.10. The summed E-state index contributed by atoms with van der Waals surface area (Å²) in [6.07, 6.45) is -10.1. The number of hydrogen-bond donors (Lipinski definition) is 2. The van der Waals surface area contributed by atoms with Crippen molar-refractivity contribution in [1.29, 1.82) is 0 Å². The zero-order chi connectivity index (χ0) is 14.9. The zero-order valence-electron chi connectivity index (χ0n) is 10.9. The number of rotatable bonds is 6. The van der Waals surface area contributed by atoms with Crippen LogP contribution >= 0.6 is 24.0 Å². The first-order valence-corrected chi connectivity index (χ1v) is 5.72. The average Bonchev–Trinajstić information content (AvgIpc) is 2.23. The standard InChI is InChI=1S/C10H17F6N3.HI/c1-17-8(19-7-5-10(14,15)16)18-6-3-2-4-9(11,12)13;/h2-7H2,1H3,(H2,17,18,19);1H. The van der Waals surface area contributed by atoms with Crippen LogP contribution in [0.15, 0.2) is 4.99 Å². The van der Waals surface area contributed by atoms with E-state index in [4.69, 9.17) is 0 Å². The van der Waals surface area contributed by atoms with Gasteiger partial charge in [-0.3, -0.25) is 4.99 Å². The Bertz CT molecular complexity index is 277. The summed E-state index contributed by atoms with van der Waals surface area (Å²) < 4.78 is 71.1. The van der Waals surface area contributed by atoms with E-state index in [1.165, 1.54) is 7.05 Å². The first-order chi connectivity index (χ1) is 8.64. The molecule has 2 N–H and O–H groups in total. The second-order valence-electron chi connectivity index (χ2n) is 3.86. The quantitative estimate of drug-likeness (QED) is 0.227. The summed E-state index contributed by atoms with van der Waals surface area (Å²) in [4.78, 5) is 3.66. The molecule has 0 aliphatic carbocycles. The number of nitrogens with one attached hydrogen (secondary N) is 2. The normalized spacial score (nSPS) is 12.8. The van der Waals surface area contributed by atoms with Crippen LogP contribution in [0, 0.1) is 0 Å². The van der Waals surface area contributed by atoms with Gasteiger partial charge in [0.05, 0.1) is 6.42 Å². The van der Waals surface area contributed by atoms with Crippen LogP contribution in [0.3, 0.4) is 0 Å².